The van der Waals surface area contributed by atoms with Crippen LogP contribution >= 0.6 is 12.4 Å². The van der Waals surface area contributed by atoms with Gasteiger partial charge < -0.3 is 31.9 Å². The molecule has 3 unspecified atom stereocenters. The number of amides is 3. The van der Waals surface area contributed by atoms with Crippen molar-refractivity contribution in [1.29, 1.82) is 0 Å². The normalized spacial score (nSPS) is 23.0. The summed E-state index contributed by atoms with van der Waals surface area (Å²) in [6.45, 7) is 8.67. The van der Waals surface area contributed by atoms with Crippen LogP contribution in [0.2, 0.25) is 0 Å². The average molecular weight is 588 g/mol. The van der Waals surface area contributed by atoms with E-state index in [4.69, 9.17) is 17.2 Å². The minimum Gasteiger partial charge on any atom is -0.338 e. The summed E-state index contributed by atoms with van der Waals surface area (Å²) in [7, 11) is 0. The molecule has 3 aliphatic rings. The second-order valence-electron chi connectivity index (χ2n) is 11.9. The van der Waals surface area contributed by atoms with Crippen molar-refractivity contribution < 1.29 is 9.59 Å². The maximum Gasteiger partial charge on any atom is 0.354 e. The Kier molecular flexibility index (Phi) is 9.39. The molecule has 3 fully saturated rings. The smallest absolute Gasteiger partial charge is 0.338 e. The highest BCUT2D eigenvalue weighted by Crippen LogP contribution is 2.52. The number of rotatable bonds is 8. The van der Waals surface area contributed by atoms with E-state index in [1.165, 1.54) is 10.1 Å². The number of carbonyl (C=O) groups is 2. The van der Waals surface area contributed by atoms with Crippen LogP contribution in [0, 0.1) is 17.8 Å². The van der Waals surface area contributed by atoms with Crippen molar-refractivity contribution >= 4 is 30.2 Å². The third-order valence-corrected chi connectivity index (χ3v) is 8.48. The van der Waals surface area contributed by atoms with Crippen molar-refractivity contribution in [3.05, 3.63) is 52.6 Å². The number of aromatic nitrogens is 2. The lowest BCUT2D eigenvalue weighted by atomic mass is 10.1. The van der Waals surface area contributed by atoms with Crippen LogP contribution < -0.4 is 28.2 Å². The van der Waals surface area contributed by atoms with E-state index in [1.54, 1.807) is 35.9 Å². The molecule has 0 radical (unpaired) electrons. The Hall–Kier alpha value is -3.03. The van der Waals surface area contributed by atoms with Crippen molar-refractivity contribution in [3.63, 3.8) is 0 Å². The lowest BCUT2D eigenvalue weighted by Crippen LogP contribution is -2.58. The maximum absolute atomic E-state index is 12.7. The topological polar surface area (TPSA) is 169 Å². The minimum absolute atomic E-state index is 0. The first-order valence-electron chi connectivity index (χ1n) is 14.1. The fourth-order valence-electron chi connectivity index (χ4n) is 6.12. The number of nitrogens with zero attached hydrogens (tertiary/aromatic N) is 5. The van der Waals surface area contributed by atoms with E-state index in [-0.39, 0.29) is 36.2 Å². The molecule has 5 rings (SSSR count). The standard InChI is InChI=1S/C28H41N9O3.ClH/c1-28(2,31)25(38)35-11-13-36(14-12-35)26(39)32-23-8-10-37(27(40)33-23)19-5-3-18(4-6-19)7-9-34-16-20-21(17-34)24(20)22(30)15-29;/h3-6,8,10,20-22,24H,7,9,11-17,29-31H2,1-2H3,(H,32,33,39,40);1H. The van der Waals surface area contributed by atoms with Gasteiger partial charge in [0.25, 0.3) is 0 Å². The monoisotopic (exact) mass is 587 g/mol. The van der Waals surface area contributed by atoms with Crippen LogP contribution in [0.4, 0.5) is 10.6 Å². The molecule has 0 bridgehead atoms. The number of likely N-dealkylation sites (tertiary alicyclic amines) is 1. The van der Waals surface area contributed by atoms with Crippen molar-refractivity contribution in [2.45, 2.75) is 31.8 Å². The van der Waals surface area contributed by atoms with Gasteiger partial charge in [0.1, 0.15) is 5.82 Å². The second kappa shape index (κ2) is 12.5. The summed E-state index contributed by atoms with van der Waals surface area (Å²) in [4.78, 5) is 47.6. The summed E-state index contributed by atoms with van der Waals surface area (Å²) in [5.41, 5.74) is 18.3. The Balaban J connectivity index is 0.00000387. The van der Waals surface area contributed by atoms with E-state index in [1.807, 2.05) is 24.3 Å². The van der Waals surface area contributed by atoms with Gasteiger partial charge in [-0.25, -0.2) is 9.59 Å². The zero-order valence-electron chi connectivity index (χ0n) is 23.7. The average Bonchev–Trinajstić information content (AvgIpc) is 3.44. The third kappa shape index (κ3) is 6.90. The molecule has 3 heterocycles. The molecule has 1 aromatic carbocycles. The largest absolute Gasteiger partial charge is 0.354 e. The number of urea groups is 1. The number of halogens is 1. The van der Waals surface area contributed by atoms with Crippen molar-refractivity contribution in [1.82, 2.24) is 24.3 Å². The SMILES string of the molecule is CC(C)(N)C(=O)N1CCN(C(=O)Nc2ccn(-c3ccc(CCN4CC5C(C4)C5C(N)CN)cc3)c(=O)n2)CC1.Cl. The number of piperazine rings is 1. The van der Waals surface area contributed by atoms with Crippen LogP contribution in [-0.2, 0) is 11.2 Å². The molecule has 41 heavy (non-hydrogen) atoms. The number of fused-ring (bicyclic) bond motifs is 1. The molecule has 224 valence electrons. The molecule has 2 saturated heterocycles. The van der Waals surface area contributed by atoms with Crippen molar-refractivity contribution in [2.24, 2.45) is 35.0 Å². The molecule has 1 saturated carbocycles. The molecule has 12 nitrogen and oxygen atoms in total. The van der Waals surface area contributed by atoms with Gasteiger partial charge in [0.15, 0.2) is 0 Å². The van der Waals surface area contributed by atoms with Gasteiger partial charge in [-0.1, -0.05) is 12.1 Å². The van der Waals surface area contributed by atoms with Gasteiger partial charge in [-0.2, -0.15) is 4.98 Å². The summed E-state index contributed by atoms with van der Waals surface area (Å²) in [6, 6.07) is 9.29. The third-order valence-electron chi connectivity index (χ3n) is 8.48. The molecular weight excluding hydrogens is 546 g/mol. The zero-order valence-corrected chi connectivity index (χ0v) is 24.6. The van der Waals surface area contributed by atoms with E-state index in [2.05, 4.69) is 15.2 Å². The van der Waals surface area contributed by atoms with E-state index in [9.17, 15) is 14.4 Å². The first-order valence-corrected chi connectivity index (χ1v) is 14.1. The Labute approximate surface area is 246 Å². The lowest BCUT2D eigenvalue weighted by Gasteiger charge is -2.37. The summed E-state index contributed by atoms with van der Waals surface area (Å²) < 4.78 is 1.45. The molecule has 7 N–H and O–H groups in total. The minimum atomic E-state index is -0.947. The predicted molar refractivity (Wildman–Crippen MR) is 160 cm³/mol. The van der Waals surface area contributed by atoms with Gasteiger partial charge >= 0.3 is 11.7 Å². The summed E-state index contributed by atoms with van der Waals surface area (Å²) in [5, 5.41) is 2.69. The second-order valence-corrected chi connectivity index (χ2v) is 11.9. The fourth-order valence-corrected chi connectivity index (χ4v) is 6.12. The molecule has 2 aliphatic heterocycles. The number of carbonyl (C=O) groups excluding carboxylic acids is 2. The van der Waals surface area contributed by atoms with E-state index in [0.29, 0.717) is 56.2 Å². The van der Waals surface area contributed by atoms with Crippen molar-refractivity contribution in [2.75, 3.05) is 57.7 Å². The fraction of sp³-hybridized carbons (Fsp3) is 0.571. The van der Waals surface area contributed by atoms with Crippen LogP contribution in [0.25, 0.3) is 5.69 Å². The highest BCUT2D eigenvalue weighted by Gasteiger charge is 2.57. The van der Waals surface area contributed by atoms with Crippen LogP contribution in [0.3, 0.4) is 0 Å². The number of benzene rings is 1. The summed E-state index contributed by atoms with van der Waals surface area (Å²) in [6.07, 6.45) is 2.55. The number of nitrogens with one attached hydrogen (secondary N) is 1. The van der Waals surface area contributed by atoms with E-state index in [0.717, 1.165) is 26.1 Å². The van der Waals surface area contributed by atoms with E-state index >= 15 is 0 Å². The Morgan fingerprint density at radius 2 is 1.66 bits per heavy atom. The highest BCUT2D eigenvalue weighted by molar-refractivity contribution is 5.89. The number of piperidine rings is 1. The van der Waals surface area contributed by atoms with Gasteiger partial charge in [0.2, 0.25) is 5.91 Å². The number of hydrogen-bond acceptors (Lipinski definition) is 8. The zero-order chi connectivity index (χ0) is 28.6. The van der Waals surface area contributed by atoms with Crippen LogP contribution in [-0.4, -0.2) is 100 Å². The number of hydrogen-bond donors (Lipinski definition) is 4. The molecule has 1 aliphatic carbocycles. The van der Waals surface area contributed by atoms with Gasteiger partial charge in [0, 0.05) is 64.6 Å². The number of anilines is 1. The molecule has 0 spiro atoms. The molecule has 13 heteroatoms. The molecule has 2 aromatic rings. The van der Waals surface area contributed by atoms with Gasteiger partial charge in [-0.05, 0) is 61.8 Å². The highest BCUT2D eigenvalue weighted by atomic mass is 35.5. The quantitative estimate of drug-likeness (QED) is 0.336. The van der Waals surface area contributed by atoms with Gasteiger partial charge in [0.05, 0.1) is 11.2 Å². The Bertz CT molecular complexity index is 1280. The maximum atomic E-state index is 12.7. The Morgan fingerprint density at radius 1 is 1.05 bits per heavy atom. The van der Waals surface area contributed by atoms with Gasteiger partial charge in [-0.15, -0.1) is 12.4 Å². The lowest BCUT2D eigenvalue weighted by molar-refractivity contribution is -0.137. The van der Waals surface area contributed by atoms with Gasteiger partial charge in [-0.3, -0.25) is 14.7 Å². The summed E-state index contributed by atoms with van der Waals surface area (Å²) >= 11 is 0. The van der Waals surface area contributed by atoms with Crippen LogP contribution in [0.5, 0.6) is 0 Å². The molecular formula is C28H42ClN9O3. The van der Waals surface area contributed by atoms with Crippen LogP contribution in [0.1, 0.15) is 19.4 Å². The first-order chi connectivity index (χ1) is 19.0. The van der Waals surface area contributed by atoms with Crippen LogP contribution in [0.15, 0.2) is 41.3 Å². The van der Waals surface area contributed by atoms with E-state index < -0.39 is 11.2 Å². The molecule has 1 aromatic heterocycles. The molecule has 3 amide bonds. The molecule has 3 atom stereocenters. The van der Waals surface area contributed by atoms with Crippen molar-refractivity contribution in [3.8, 4) is 5.69 Å². The number of nitrogens with two attached hydrogens (primary N) is 3. The predicted octanol–water partition coefficient (Wildman–Crippen LogP) is 0.0740. The summed E-state index contributed by atoms with van der Waals surface area (Å²) in [5.74, 6) is 2.05. The first kappa shape index (κ1) is 30.9. The Morgan fingerprint density at radius 3 is 2.22 bits per heavy atom.